The first-order chi connectivity index (χ1) is 13.9. The molecule has 0 aliphatic rings. The van der Waals surface area contributed by atoms with Crippen molar-refractivity contribution in [2.24, 2.45) is 0 Å². The van der Waals surface area contributed by atoms with E-state index in [9.17, 15) is 4.79 Å². The van der Waals surface area contributed by atoms with Crippen LogP contribution in [0.1, 0.15) is 126 Å². The van der Waals surface area contributed by atoms with Gasteiger partial charge in [-0.25, -0.2) is 0 Å². The Morgan fingerprint density at radius 2 is 1.00 bits per heavy atom. The predicted octanol–water partition coefficient (Wildman–Crippen LogP) is 8.56. The van der Waals surface area contributed by atoms with Crippen LogP contribution in [0.4, 0.5) is 5.69 Å². The fourth-order valence-corrected chi connectivity index (χ4v) is 3.76. The molecule has 1 rings (SSSR count). The first-order valence-electron chi connectivity index (χ1n) is 12.2. The molecule has 0 aromatic heterocycles. The minimum Gasteiger partial charge on any atom is -0.385 e. The second-order valence-corrected chi connectivity index (χ2v) is 8.32. The lowest BCUT2D eigenvalue weighted by Gasteiger charge is -2.06. The van der Waals surface area contributed by atoms with E-state index in [2.05, 4.69) is 12.2 Å². The summed E-state index contributed by atoms with van der Waals surface area (Å²) in [5.74, 6) is 0. The van der Waals surface area contributed by atoms with Gasteiger partial charge in [-0.1, -0.05) is 110 Å². The van der Waals surface area contributed by atoms with Gasteiger partial charge in [0.05, 0.1) is 0 Å². The van der Waals surface area contributed by atoms with Crippen LogP contribution < -0.4 is 5.32 Å². The molecular formula is C26H45NO. The molecule has 0 unspecified atom stereocenters. The largest absolute Gasteiger partial charge is 0.385 e. The summed E-state index contributed by atoms with van der Waals surface area (Å²) >= 11 is 0. The van der Waals surface area contributed by atoms with Gasteiger partial charge in [-0.15, -0.1) is 0 Å². The van der Waals surface area contributed by atoms with Crippen LogP contribution in [0, 0.1) is 0 Å². The third-order valence-corrected chi connectivity index (χ3v) is 5.66. The summed E-state index contributed by atoms with van der Waals surface area (Å²) in [6.07, 6.45) is 24.9. The molecule has 0 saturated heterocycles. The molecule has 2 heteroatoms. The number of carbonyl (C=O) groups excluding carboxylic acids is 1. The van der Waals surface area contributed by atoms with Crippen LogP contribution in [0.5, 0.6) is 0 Å². The van der Waals surface area contributed by atoms with Crippen molar-refractivity contribution in [3.63, 3.8) is 0 Å². The van der Waals surface area contributed by atoms with Gasteiger partial charge in [0.15, 0.2) is 0 Å². The summed E-state index contributed by atoms with van der Waals surface area (Å²) in [5.41, 5.74) is 1.85. The van der Waals surface area contributed by atoms with Crippen molar-refractivity contribution >= 4 is 12.0 Å². The fourth-order valence-electron chi connectivity index (χ4n) is 3.76. The lowest BCUT2D eigenvalue weighted by molar-refractivity contribution is 0.112. The standard InChI is InChI=1S/C26H45NO/c1-2-3-4-5-6-7-8-9-10-11-12-13-14-15-16-17-18-23-27-26-21-19-25(24-28)20-22-26/h19-22,24,27H,2-18,23H2,1H3. The summed E-state index contributed by atoms with van der Waals surface area (Å²) in [6, 6.07) is 7.70. The summed E-state index contributed by atoms with van der Waals surface area (Å²) in [6.45, 7) is 3.32. The van der Waals surface area contributed by atoms with E-state index in [1.54, 1.807) is 0 Å². The zero-order valence-corrected chi connectivity index (χ0v) is 18.5. The van der Waals surface area contributed by atoms with E-state index in [4.69, 9.17) is 0 Å². The van der Waals surface area contributed by atoms with Crippen molar-refractivity contribution in [1.82, 2.24) is 0 Å². The van der Waals surface area contributed by atoms with Crippen LogP contribution in [-0.2, 0) is 0 Å². The smallest absolute Gasteiger partial charge is 0.150 e. The molecule has 0 radical (unpaired) electrons. The summed E-state index contributed by atoms with van der Waals surface area (Å²) < 4.78 is 0. The second kappa shape index (κ2) is 19.0. The number of hydrogen-bond acceptors (Lipinski definition) is 2. The predicted molar refractivity (Wildman–Crippen MR) is 124 cm³/mol. The lowest BCUT2D eigenvalue weighted by Crippen LogP contribution is -2.01. The quantitative estimate of drug-likeness (QED) is 0.179. The van der Waals surface area contributed by atoms with Crippen LogP contribution in [0.25, 0.3) is 0 Å². The van der Waals surface area contributed by atoms with Crippen LogP contribution in [0.15, 0.2) is 24.3 Å². The molecule has 0 aliphatic carbocycles. The first kappa shape index (κ1) is 24.7. The Balaban J connectivity index is 1.74. The topological polar surface area (TPSA) is 29.1 Å². The van der Waals surface area contributed by atoms with Crippen LogP contribution >= 0.6 is 0 Å². The number of rotatable bonds is 20. The van der Waals surface area contributed by atoms with Gasteiger partial charge in [0.25, 0.3) is 0 Å². The van der Waals surface area contributed by atoms with Crippen molar-refractivity contribution < 1.29 is 4.79 Å². The molecule has 0 spiro atoms. The Morgan fingerprint density at radius 1 is 0.607 bits per heavy atom. The highest BCUT2D eigenvalue weighted by Crippen LogP contribution is 2.14. The Kier molecular flexibility index (Phi) is 16.8. The molecule has 0 amide bonds. The van der Waals surface area contributed by atoms with Crippen LogP contribution in [0.2, 0.25) is 0 Å². The number of hydrogen-bond donors (Lipinski definition) is 1. The van der Waals surface area contributed by atoms with Crippen molar-refractivity contribution in [1.29, 1.82) is 0 Å². The van der Waals surface area contributed by atoms with Gasteiger partial charge >= 0.3 is 0 Å². The average Bonchev–Trinajstić information content (AvgIpc) is 2.73. The summed E-state index contributed by atoms with van der Waals surface area (Å²) in [5, 5.41) is 3.43. The maximum absolute atomic E-state index is 10.6. The van der Waals surface area contributed by atoms with Crippen molar-refractivity contribution in [3.8, 4) is 0 Å². The molecule has 0 fully saturated rings. The lowest BCUT2D eigenvalue weighted by atomic mass is 10.0. The molecule has 0 saturated carbocycles. The first-order valence-corrected chi connectivity index (χ1v) is 12.2. The van der Waals surface area contributed by atoms with E-state index in [0.717, 1.165) is 24.1 Å². The highest BCUT2D eigenvalue weighted by atomic mass is 16.1. The Bertz CT molecular complexity index is 454. The molecule has 1 N–H and O–H groups in total. The maximum Gasteiger partial charge on any atom is 0.150 e. The van der Waals surface area contributed by atoms with Crippen molar-refractivity contribution in [2.45, 2.75) is 116 Å². The highest BCUT2D eigenvalue weighted by molar-refractivity contribution is 5.75. The number of benzene rings is 1. The molecular weight excluding hydrogens is 342 g/mol. The zero-order chi connectivity index (χ0) is 20.1. The molecule has 0 bridgehead atoms. The molecule has 0 atom stereocenters. The summed E-state index contributed by atoms with van der Waals surface area (Å²) in [4.78, 5) is 10.6. The van der Waals surface area contributed by atoms with Crippen LogP contribution in [0.3, 0.4) is 0 Å². The number of anilines is 1. The Hall–Kier alpha value is -1.31. The van der Waals surface area contributed by atoms with Crippen molar-refractivity contribution in [2.75, 3.05) is 11.9 Å². The fraction of sp³-hybridized carbons (Fsp3) is 0.731. The molecule has 1 aromatic rings. The highest BCUT2D eigenvalue weighted by Gasteiger charge is 1.96. The van der Waals surface area contributed by atoms with E-state index < -0.39 is 0 Å². The van der Waals surface area contributed by atoms with Gasteiger partial charge in [0.1, 0.15) is 6.29 Å². The second-order valence-electron chi connectivity index (χ2n) is 8.32. The molecule has 0 aliphatic heterocycles. The van der Waals surface area contributed by atoms with E-state index >= 15 is 0 Å². The van der Waals surface area contributed by atoms with Gasteiger partial charge in [0, 0.05) is 17.8 Å². The minimum absolute atomic E-state index is 0.739. The van der Waals surface area contributed by atoms with E-state index in [0.29, 0.717) is 0 Å². The SMILES string of the molecule is CCCCCCCCCCCCCCCCCCCNc1ccc(C=O)cc1. The molecule has 0 heterocycles. The Morgan fingerprint density at radius 3 is 1.39 bits per heavy atom. The number of nitrogens with one attached hydrogen (secondary N) is 1. The van der Waals surface area contributed by atoms with Crippen molar-refractivity contribution in [3.05, 3.63) is 29.8 Å². The van der Waals surface area contributed by atoms with Crippen LogP contribution in [-0.4, -0.2) is 12.8 Å². The molecule has 28 heavy (non-hydrogen) atoms. The number of unbranched alkanes of at least 4 members (excludes halogenated alkanes) is 16. The summed E-state index contributed by atoms with van der Waals surface area (Å²) in [7, 11) is 0. The van der Waals surface area contributed by atoms with Gasteiger partial charge < -0.3 is 5.32 Å². The average molecular weight is 388 g/mol. The van der Waals surface area contributed by atoms with Gasteiger partial charge in [-0.05, 0) is 30.7 Å². The van der Waals surface area contributed by atoms with E-state index in [-0.39, 0.29) is 0 Å². The number of aldehydes is 1. The normalized spacial score (nSPS) is 10.9. The molecule has 2 nitrogen and oxygen atoms in total. The third kappa shape index (κ3) is 14.7. The monoisotopic (exact) mass is 387 g/mol. The maximum atomic E-state index is 10.6. The van der Waals surface area contributed by atoms with E-state index in [1.165, 1.54) is 109 Å². The number of carbonyl (C=O) groups is 1. The van der Waals surface area contributed by atoms with Gasteiger partial charge in [-0.3, -0.25) is 4.79 Å². The third-order valence-electron chi connectivity index (χ3n) is 5.66. The Labute approximate surface area is 174 Å². The molecule has 160 valence electrons. The van der Waals surface area contributed by atoms with Gasteiger partial charge in [-0.2, -0.15) is 0 Å². The van der Waals surface area contributed by atoms with E-state index in [1.807, 2.05) is 24.3 Å². The molecule has 1 aromatic carbocycles. The van der Waals surface area contributed by atoms with Gasteiger partial charge in [0.2, 0.25) is 0 Å². The zero-order valence-electron chi connectivity index (χ0n) is 18.5. The minimum atomic E-state index is 0.739.